The second-order valence-electron chi connectivity index (χ2n) is 5.98. The van der Waals surface area contributed by atoms with Crippen LogP contribution in [0, 0.1) is 0 Å². The molecule has 1 fully saturated rings. The summed E-state index contributed by atoms with van der Waals surface area (Å²) in [5.74, 6) is 1.67. The van der Waals surface area contributed by atoms with Crippen LogP contribution in [0.5, 0.6) is 0 Å². The Kier molecular flexibility index (Phi) is 5.67. The van der Waals surface area contributed by atoms with Crippen molar-refractivity contribution in [2.45, 2.75) is 38.8 Å². The van der Waals surface area contributed by atoms with E-state index >= 15 is 0 Å². The van der Waals surface area contributed by atoms with Gasteiger partial charge in [-0.2, -0.15) is 5.10 Å². The van der Waals surface area contributed by atoms with Crippen molar-refractivity contribution in [1.29, 1.82) is 0 Å². The molecule has 1 aliphatic heterocycles. The molecule has 1 aliphatic rings. The van der Waals surface area contributed by atoms with Crippen LogP contribution in [0.1, 0.15) is 38.0 Å². The molecule has 3 heterocycles. The predicted octanol–water partition coefficient (Wildman–Crippen LogP) is 0.948. The summed E-state index contributed by atoms with van der Waals surface area (Å²) in [7, 11) is 0. The summed E-state index contributed by atoms with van der Waals surface area (Å²) >= 11 is 0. The van der Waals surface area contributed by atoms with Crippen molar-refractivity contribution in [2.75, 3.05) is 25.0 Å². The second kappa shape index (κ2) is 8.13. The summed E-state index contributed by atoms with van der Waals surface area (Å²) in [6, 6.07) is 1.37. The van der Waals surface area contributed by atoms with Gasteiger partial charge in [-0.3, -0.25) is 20.1 Å². The fourth-order valence-electron chi connectivity index (χ4n) is 2.72. The first-order valence-electron chi connectivity index (χ1n) is 8.52. The molecule has 0 bridgehead atoms. The van der Waals surface area contributed by atoms with Gasteiger partial charge in [-0.15, -0.1) is 0 Å². The van der Waals surface area contributed by atoms with Gasteiger partial charge in [0.15, 0.2) is 5.82 Å². The molecular weight excluding hydrogens is 322 g/mol. The molecule has 0 unspecified atom stereocenters. The summed E-state index contributed by atoms with van der Waals surface area (Å²) < 4.78 is 5.79. The smallest absolute Gasteiger partial charge is 0.243 e. The number of rotatable bonds is 6. The maximum Gasteiger partial charge on any atom is 0.243 e. The van der Waals surface area contributed by atoms with Crippen LogP contribution in [0.4, 0.5) is 5.95 Å². The number of hydrogen-bond acceptors (Lipinski definition) is 7. The quantitative estimate of drug-likeness (QED) is 0.802. The van der Waals surface area contributed by atoms with E-state index in [-0.39, 0.29) is 18.1 Å². The third kappa shape index (κ3) is 4.37. The fourth-order valence-corrected chi connectivity index (χ4v) is 2.72. The van der Waals surface area contributed by atoms with E-state index in [1.54, 1.807) is 18.5 Å². The Balaban J connectivity index is 1.60. The number of carbonyl (C=O) groups is 1. The maximum atomic E-state index is 12.4. The van der Waals surface area contributed by atoms with Gasteiger partial charge >= 0.3 is 0 Å². The molecule has 2 aromatic rings. The van der Waals surface area contributed by atoms with Gasteiger partial charge < -0.3 is 4.74 Å². The van der Waals surface area contributed by atoms with Crippen molar-refractivity contribution in [3.63, 3.8) is 0 Å². The molecular formula is C16H23N7O2. The molecule has 2 aromatic heterocycles. The molecule has 3 rings (SSSR count). The summed E-state index contributed by atoms with van der Waals surface area (Å²) in [6.07, 6.45) is 4.81. The van der Waals surface area contributed by atoms with Crippen molar-refractivity contribution in [3.05, 3.63) is 30.1 Å². The van der Waals surface area contributed by atoms with Crippen LogP contribution in [0.15, 0.2) is 18.5 Å². The van der Waals surface area contributed by atoms with E-state index in [1.165, 1.54) is 0 Å². The maximum absolute atomic E-state index is 12.4. The van der Waals surface area contributed by atoms with Crippen LogP contribution in [0.25, 0.3) is 0 Å². The molecule has 9 heteroatoms. The van der Waals surface area contributed by atoms with Crippen molar-refractivity contribution in [3.8, 4) is 0 Å². The third-order valence-electron chi connectivity index (χ3n) is 4.15. The standard InChI is InChI=1S/C16H23N7O2/c1-3-5-13-19-14(22-21-13)12-10-23(8-9-25-12)11(2)15(24)20-16-17-6-4-7-18-16/h4,6-7,11-12H,3,5,8-10H2,1-2H3,(H,19,21,22)(H,17,18,20,24)/t11-,12+/m0/s1. The van der Waals surface area contributed by atoms with Crippen molar-refractivity contribution in [2.24, 2.45) is 0 Å². The van der Waals surface area contributed by atoms with E-state index in [0.717, 1.165) is 18.7 Å². The van der Waals surface area contributed by atoms with E-state index in [1.807, 2.05) is 6.92 Å². The number of ether oxygens (including phenoxy) is 1. The van der Waals surface area contributed by atoms with Crippen molar-refractivity contribution >= 4 is 11.9 Å². The lowest BCUT2D eigenvalue weighted by Gasteiger charge is -2.34. The molecule has 2 atom stereocenters. The molecule has 9 nitrogen and oxygen atoms in total. The average Bonchev–Trinajstić information content (AvgIpc) is 3.11. The minimum atomic E-state index is -0.329. The van der Waals surface area contributed by atoms with Gasteiger partial charge in [0.05, 0.1) is 12.6 Å². The Morgan fingerprint density at radius 2 is 2.28 bits per heavy atom. The first-order valence-corrected chi connectivity index (χ1v) is 8.52. The SMILES string of the molecule is CCCc1nc([C@H]2CN([C@@H](C)C(=O)Nc3ncccn3)CCO2)n[nH]1. The van der Waals surface area contributed by atoms with Gasteiger partial charge in [0.1, 0.15) is 11.9 Å². The Hall–Kier alpha value is -2.39. The van der Waals surface area contributed by atoms with E-state index in [9.17, 15) is 4.79 Å². The number of nitrogens with zero attached hydrogens (tertiary/aromatic N) is 5. The molecule has 1 saturated heterocycles. The Bertz CT molecular complexity index is 691. The highest BCUT2D eigenvalue weighted by Gasteiger charge is 2.31. The number of H-pyrrole nitrogens is 1. The van der Waals surface area contributed by atoms with E-state index < -0.39 is 0 Å². The molecule has 134 valence electrons. The van der Waals surface area contributed by atoms with Gasteiger partial charge in [-0.1, -0.05) is 6.92 Å². The first-order chi connectivity index (χ1) is 12.2. The van der Waals surface area contributed by atoms with Crippen LogP contribution in [0.3, 0.4) is 0 Å². The van der Waals surface area contributed by atoms with Crippen LogP contribution in [-0.4, -0.2) is 61.7 Å². The number of nitrogens with one attached hydrogen (secondary N) is 2. The zero-order valence-corrected chi connectivity index (χ0v) is 14.5. The predicted molar refractivity (Wildman–Crippen MR) is 90.8 cm³/mol. The molecule has 2 N–H and O–H groups in total. The van der Waals surface area contributed by atoms with Crippen LogP contribution in [-0.2, 0) is 16.0 Å². The topological polar surface area (TPSA) is 109 Å². The zero-order valence-electron chi connectivity index (χ0n) is 14.5. The highest BCUT2D eigenvalue weighted by molar-refractivity contribution is 5.93. The Morgan fingerprint density at radius 3 is 3.04 bits per heavy atom. The van der Waals surface area contributed by atoms with Crippen LogP contribution < -0.4 is 5.32 Å². The third-order valence-corrected chi connectivity index (χ3v) is 4.15. The Labute approximate surface area is 146 Å². The Morgan fingerprint density at radius 1 is 1.48 bits per heavy atom. The normalized spacial score (nSPS) is 19.5. The molecule has 0 aromatic carbocycles. The van der Waals surface area contributed by atoms with Gasteiger partial charge in [0.2, 0.25) is 11.9 Å². The number of carbonyl (C=O) groups excluding carboxylic acids is 1. The van der Waals surface area contributed by atoms with Crippen LogP contribution >= 0.6 is 0 Å². The minimum Gasteiger partial charge on any atom is -0.367 e. The van der Waals surface area contributed by atoms with Gasteiger partial charge in [-0.25, -0.2) is 15.0 Å². The number of aryl methyl sites for hydroxylation is 1. The number of aromatic amines is 1. The lowest BCUT2D eigenvalue weighted by atomic mass is 10.2. The van der Waals surface area contributed by atoms with Gasteiger partial charge in [-0.05, 0) is 19.4 Å². The lowest BCUT2D eigenvalue weighted by Crippen LogP contribution is -2.48. The number of amides is 1. The van der Waals surface area contributed by atoms with E-state index in [0.29, 0.717) is 31.5 Å². The summed E-state index contributed by atoms with van der Waals surface area (Å²) in [6.45, 7) is 5.72. The lowest BCUT2D eigenvalue weighted by molar-refractivity contribution is -0.124. The van der Waals surface area contributed by atoms with E-state index in [4.69, 9.17) is 4.74 Å². The van der Waals surface area contributed by atoms with Crippen molar-refractivity contribution in [1.82, 2.24) is 30.0 Å². The molecule has 0 aliphatic carbocycles. The summed E-state index contributed by atoms with van der Waals surface area (Å²) in [5, 5.41) is 9.94. The highest BCUT2D eigenvalue weighted by atomic mass is 16.5. The number of hydrogen-bond donors (Lipinski definition) is 2. The number of anilines is 1. The molecule has 0 spiro atoms. The van der Waals surface area contributed by atoms with Gasteiger partial charge in [0.25, 0.3) is 0 Å². The molecule has 0 radical (unpaired) electrons. The van der Waals surface area contributed by atoms with Crippen LogP contribution in [0.2, 0.25) is 0 Å². The largest absolute Gasteiger partial charge is 0.367 e. The summed E-state index contributed by atoms with van der Waals surface area (Å²) in [5.41, 5.74) is 0. The van der Waals surface area contributed by atoms with E-state index in [2.05, 4.69) is 42.3 Å². The highest BCUT2D eigenvalue weighted by Crippen LogP contribution is 2.21. The second-order valence-corrected chi connectivity index (χ2v) is 5.98. The first kappa shape index (κ1) is 17.4. The molecule has 1 amide bonds. The van der Waals surface area contributed by atoms with Crippen molar-refractivity contribution < 1.29 is 9.53 Å². The number of morpholine rings is 1. The average molecular weight is 345 g/mol. The molecule has 0 saturated carbocycles. The number of aromatic nitrogens is 5. The fraction of sp³-hybridized carbons (Fsp3) is 0.562. The zero-order chi connectivity index (χ0) is 17.6. The minimum absolute atomic E-state index is 0.145. The molecule has 25 heavy (non-hydrogen) atoms. The summed E-state index contributed by atoms with van der Waals surface area (Å²) in [4.78, 5) is 27.0. The monoisotopic (exact) mass is 345 g/mol. The van der Waals surface area contributed by atoms with Gasteiger partial charge in [0, 0.05) is 31.9 Å².